The van der Waals surface area contributed by atoms with Crippen molar-refractivity contribution in [3.63, 3.8) is 0 Å². The molecule has 0 bridgehead atoms. The van der Waals surface area contributed by atoms with Gasteiger partial charge in [-0.3, -0.25) is 0 Å². The summed E-state index contributed by atoms with van der Waals surface area (Å²) < 4.78 is 4.76. The molecule has 2 heterocycles. The number of hydrogen-bond acceptors (Lipinski definition) is 4. The van der Waals surface area contributed by atoms with E-state index in [9.17, 15) is 4.79 Å². The van der Waals surface area contributed by atoms with E-state index in [0.717, 1.165) is 18.5 Å². The predicted octanol–water partition coefficient (Wildman–Crippen LogP) is 2.08. The van der Waals surface area contributed by atoms with E-state index in [4.69, 9.17) is 4.52 Å². The maximum absolute atomic E-state index is 12.2. The van der Waals surface area contributed by atoms with E-state index >= 15 is 0 Å². The Hall–Kier alpha value is -2.37. The van der Waals surface area contributed by atoms with Crippen LogP contribution in [-0.2, 0) is 6.54 Å². The normalized spacial score (nSPS) is 18.0. The third kappa shape index (κ3) is 3.21. The molecule has 1 fully saturated rings. The molecule has 0 unspecified atom stereocenters. The summed E-state index contributed by atoms with van der Waals surface area (Å²) in [7, 11) is 0. The van der Waals surface area contributed by atoms with E-state index in [1.54, 1.807) is 4.90 Å². The van der Waals surface area contributed by atoms with Crippen molar-refractivity contribution in [1.82, 2.24) is 20.4 Å². The van der Waals surface area contributed by atoms with Crippen molar-refractivity contribution in [2.75, 3.05) is 13.1 Å². The number of rotatable bonds is 3. The van der Waals surface area contributed by atoms with Crippen LogP contribution < -0.4 is 5.32 Å². The van der Waals surface area contributed by atoms with Crippen LogP contribution in [0.4, 0.5) is 4.79 Å². The third-order valence-corrected chi connectivity index (χ3v) is 3.78. The lowest BCUT2D eigenvalue weighted by atomic mass is 10.1. The van der Waals surface area contributed by atoms with E-state index in [1.807, 2.05) is 31.2 Å². The molecule has 1 aromatic heterocycles. The van der Waals surface area contributed by atoms with Gasteiger partial charge < -0.3 is 14.7 Å². The summed E-state index contributed by atoms with van der Waals surface area (Å²) >= 11 is 0. The average molecular weight is 286 g/mol. The fourth-order valence-electron chi connectivity index (χ4n) is 2.51. The molecule has 1 aliphatic heterocycles. The van der Waals surface area contributed by atoms with Gasteiger partial charge in [0, 0.05) is 25.6 Å². The molecule has 0 radical (unpaired) electrons. The van der Waals surface area contributed by atoms with Gasteiger partial charge in [-0.2, -0.15) is 4.98 Å². The van der Waals surface area contributed by atoms with Crippen LogP contribution in [0.3, 0.4) is 0 Å². The highest BCUT2D eigenvalue weighted by atomic mass is 16.5. The summed E-state index contributed by atoms with van der Waals surface area (Å²) in [5.41, 5.74) is 2.32. The Morgan fingerprint density at radius 2 is 2.24 bits per heavy atom. The first-order valence-electron chi connectivity index (χ1n) is 7.07. The summed E-state index contributed by atoms with van der Waals surface area (Å²) in [6.45, 7) is 3.95. The predicted molar refractivity (Wildman–Crippen MR) is 76.6 cm³/mol. The summed E-state index contributed by atoms with van der Waals surface area (Å²) in [5.74, 6) is 0.859. The van der Waals surface area contributed by atoms with Gasteiger partial charge in [-0.05, 0) is 18.9 Å². The molecule has 1 aromatic carbocycles. The van der Waals surface area contributed by atoms with Gasteiger partial charge in [0.25, 0.3) is 0 Å². The van der Waals surface area contributed by atoms with Gasteiger partial charge in [0.2, 0.25) is 6.39 Å². The molecule has 0 spiro atoms. The molecule has 3 rings (SSSR count). The van der Waals surface area contributed by atoms with E-state index in [2.05, 4.69) is 15.5 Å². The number of hydrogen-bond donors (Lipinski definition) is 1. The number of carbonyl (C=O) groups is 1. The van der Waals surface area contributed by atoms with Gasteiger partial charge in [-0.1, -0.05) is 35.0 Å². The molecule has 1 aliphatic rings. The lowest BCUT2D eigenvalue weighted by Crippen LogP contribution is -2.38. The highest BCUT2D eigenvalue weighted by Crippen LogP contribution is 2.24. The van der Waals surface area contributed by atoms with Crippen LogP contribution in [0.15, 0.2) is 35.2 Å². The van der Waals surface area contributed by atoms with E-state index in [1.165, 1.54) is 12.0 Å². The van der Waals surface area contributed by atoms with E-state index in [-0.39, 0.29) is 11.9 Å². The lowest BCUT2D eigenvalue weighted by Gasteiger charge is -2.17. The van der Waals surface area contributed by atoms with Crippen molar-refractivity contribution in [2.24, 2.45) is 0 Å². The monoisotopic (exact) mass is 286 g/mol. The molecular weight excluding hydrogens is 268 g/mol. The summed E-state index contributed by atoms with van der Waals surface area (Å²) in [6.07, 6.45) is 2.20. The summed E-state index contributed by atoms with van der Waals surface area (Å²) in [5, 5.41) is 6.80. The number of likely N-dealkylation sites (tertiary alicyclic amines) is 1. The Bertz CT molecular complexity index is 595. The lowest BCUT2D eigenvalue weighted by molar-refractivity contribution is 0.207. The minimum Gasteiger partial charge on any atom is -0.343 e. The highest BCUT2D eigenvalue weighted by molar-refractivity contribution is 5.74. The maximum Gasteiger partial charge on any atom is 0.317 e. The molecule has 0 saturated carbocycles. The Morgan fingerprint density at radius 1 is 1.43 bits per heavy atom. The molecule has 6 nitrogen and oxygen atoms in total. The van der Waals surface area contributed by atoms with Crippen LogP contribution in [0.2, 0.25) is 0 Å². The largest absolute Gasteiger partial charge is 0.343 e. The zero-order valence-corrected chi connectivity index (χ0v) is 12.0. The minimum absolute atomic E-state index is 0.0402. The number of aryl methyl sites for hydroxylation is 1. The van der Waals surface area contributed by atoms with Crippen LogP contribution in [0.5, 0.6) is 0 Å². The van der Waals surface area contributed by atoms with Crippen LogP contribution in [0, 0.1) is 6.92 Å². The Balaban J connectivity index is 1.51. The number of aromatic nitrogens is 2. The first-order valence-corrected chi connectivity index (χ1v) is 7.07. The van der Waals surface area contributed by atoms with Crippen molar-refractivity contribution < 1.29 is 9.32 Å². The van der Waals surface area contributed by atoms with Crippen LogP contribution in [0.25, 0.3) is 0 Å². The Kier molecular flexibility index (Phi) is 3.85. The number of benzene rings is 1. The second-order valence-corrected chi connectivity index (χ2v) is 5.37. The quantitative estimate of drug-likeness (QED) is 0.937. The van der Waals surface area contributed by atoms with Crippen molar-refractivity contribution in [3.05, 3.63) is 47.6 Å². The zero-order chi connectivity index (χ0) is 14.7. The SMILES string of the molecule is Cc1ccc(CNC(=O)N2CC[C@H](c3ncon3)C2)cc1. The fourth-order valence-corrected chi connectivity index (χ4v) is 2.51. The van der Waals surface area contributed by atoms with E-state index < -0.39 is 0 Å². The average Bonchev–Trinajstić information content (AvgIpc) is 3.17. The maximum atomic E-state index is 12.2. The molecule has 1 saturated heterocycles. The Morgan fingerprint density at radius 3 is 2.95 bits per heavy atom. The molecular formula is C15H18N4O2. The van der Waals surface area contributed by atoms with Crippen LogP contribution in [0.1, 0.15) is 29.3 Å². The van der Waals surface area contributed by atoms with Gasteiger partial charge in [0.15, 0.2) is 5.82 Å². The number of amides is 2. The number of nitrogens with one attached hydrogen (secondary N) is 1. The van der Waals surface area contributed by atoms with Crippen molar-refractivity contribution >= 4 is 6.03 Å². The number of carbonyl (C=O) groups excluding carboxylic acids is 1. The summed E-state index contributed by atoms with van der Waals surface area (Å²) in [6, 6.07) is 8.11. The molecule has 2 amide bonds. The summed E-state index contributed by atoms with van der Waals surface area (Å²) in [4.78, 5) is 18.0. The van der Waals surface area contributed by atoms with Crippen molar-refractivity contribution in [1.29, 1.82) is 0 Å². The highest BCUT2D eigenvalue weighted by Gasteiger charge is 2.29. The smallest absolute Gasteiger partial charge is 0.317 e. The first-order chi connectivity index (χ1) is 10.2. The second-order valence-electron chi connectivity index (χ2n) is 5.37. The Labute approximate surface area is 123 Å². The van der Waals surface area contributed by atoms with Crippen molar-refractivity contribution in [2.45, 2.75) is 25.8 Å². The van der Waals surface area contributed by atoms with Crippen LogP contribution in [-0.4, -0.2) is 34.2 Å². The van der Waals surface area contributed by atoms with Gasteiger partial charge in [-0.25, -0.2) is 4.79 Å². The molecule has 21 heavy (non-hydrogen) atoms. The van der Waals surface area contributed by atoms with Gasteiger partial charge in [-0.15, -0.1) is 0 Å². The van der Waals surface area contributed by atoms with Gasteiger partial charge in [0.05, 0.1) is 0 Å². The molecule has 1 N–H and O–H groups in total. The molecule has 0 aliphatic carbocycles. The minimum atomic E-state index is -0.0402. The fraction of sp³-hybridized carbons (Fsp3) is 0.400. The number of nitrogens with zero attached hydrogens (tertiary/aromatic N) is 3. The third-order valence-electron chi connectivity index (χ3n) is 3.78. The van der Waals surface area contributed by atoms with E-state index in [0.29, 0.717) is 18.9 Å². The second kappa shape index (κ2) is 5.95. The number of urea groups is 1. The standard InChI is InChI=1S/C15H18N4O2/c1-11-2-4-12(5-3-11)8-16-15(20)19-7-6-13(9-19)14-17-10-21-18-14/h2-5,10,13H,6-9H2,1H3,(H,16,20)/t13-/m0/s1. The molecule has 6 heteroatoms. The van der Waals surface area contributed by atoms with Crippen LogP contribution >= 0.6 is 0 Å². The molecule has 1 atom stereocenters. The molecule has 110 valence electrons. The van der Waals surface area contributed by atoms with Gasteiger partial charge in [0.1, 0.15) is 0 Å². The topological polar surface area (TPSA) is 71.3 Å². The first kappa shape index (κ1) is 13.6. The zero-order valence-electron chi connectivity index (χ0n) is 12.0. The molecule has 2 aromatic rings. The van der Waals surface area contributed by atoms with Gasteiger partial charge >= 0.3 is 6.03 Å². The van der Waals surface area contributed by atoms with Crippen molar-refractivity contribution in [3.8, 4) is 0 Å².